The summed E-state index contributed by atoms with van der Waals surface area (Å²) in [6, 6.07) is 8.68. The van der Waals surface area contributed by atoms with Gasteiger partial charge in [0.25, 0.3) is 0 Å². The fraction of sp³-hybridized carbons (Fsp3) is 0.211. The molecular weight excluding hydrogens is 405 g/mol. The highest BCUT2D eigenvalue weighted by Crippen LogP contribution is 2.33. The minimum absolute atomic E-state index is 0.0224. The van der Waals surface area contributed by atoms with E-state index in [1.54, 1.807) is 38.1 Å². The van der Waals surface area contributed by atoms with E-state index in [9.17, 15) is 14.0 Å². The molecule has 0 saturated carbocycles. The quantitative estimate of drug-likeness (QED) is 0.587. The number of aromatic nitrogens is 3. The van der Waals surface area contributed by atoms with E-state index in [1.807, 2.05) is 0 Å². The van der Waals surface area contributed by atoms with Crippen molar-refractivity contribution in [3.05, 3.63) is 63.5 Å². The lowest BCUT2D eigenvalue weighted by Crippen LogP contribution is -2.17. The highest BCUT2D eigenvalue weighted by molar-refractivity contribution is 6.32. The van der Waals surface area contributed by atoms with Crippen LogP contribution in [-0.4, -0.2) is 33.9 Å². The van der Waals surface area contributed by atoms with Crippen molar-refractivity contribution in [2.24, 2.45) is 0 Å². The number of hydrogen-bond donors (Lipinski definition) is 1. The third-order valence-electron chi connectivity index (χ3n) is 3.67. The molecule has 2 aromatic carbocycles. The van der Waals surface area contributed by atoms with Gasteiger partial charge in [-0.05, 0) is 44.2 Å². The fourth-order valence-corrected chi connectivity index (χ4v) is 2.62. The van der Waals surface area contributed by atoms with Crippen molar-refractivity contribution < 1.29 is 23.4 Å². The summed E-state index contributed by atoms with van der Waals surface area (Å²) in [4.78, 5) is 25.7. The lowest BCUT2D eigenvalue weighted by Gasteiger charge is -2.11. The maximum atomic E-state index is 14.3. The molecule has 0 atom stereocenters. The van der Waals surface area contributed by atoms with Crippen LogP contribution in [0.5, 0.6) is 17.2 Å². The molecule has 29 heavy (non-hydrogen) atoms. The summed E-state index contributed by atoms with van der Waals surface area (Å²) in [5, 5.41) is 3.96. The van der Waals surface area contributed by atoms with Crippen molar-refractivity contribution in [1.29, 1.82) is 0 Å². The van der Waals surface area contributed by atoms with E-state index >= 15 is 0 Å². The van der Waals surface area contributed by atoms with Crippen molar-refractivity contribution in [3.63, 3.8) is 0 Å². The molecule has 152 valence electrons. The monoisotopic (exact) mass is 421 g/mol. The van der Waals surface area contributed by atoms with Crippen LogP contribution in [0.25, 0.3) is 5.69 Å². The zero-order valence-electron chi connectivity index (χ0n) is 15.6. The zero-order chi connectivity index (χ0) is 21.0. The second kappa shape index (κ2) is 8.78. The number of ether oxygens (including phenoxy) is 3. The van der Waals surface area contributed by atoms with Crippen molar-refractivity contribution >= 4 is 17.6 Å². The summed E-state index contributed by atoms with van der Waals surface area (Å²) in [6.07, 6.45) is 0. The molecule has 0 spiro atoms. The largest absolute Gasteiger partial charge is 0.482 e. The topological polar surface area (TPSA) is 95.4 Å². The molecule has 0 unspecified atom stereocenters. The van der Waals surface area contributed by atoms with E-state index in [-0.39, 0.29) is 29.7 Å². The summed E-state index contributed by atoms with van der Waals surface area (Å²) in [7, 11) is 0. The Labute approximate surface area is 169 Å². The number of H-pyrrole nitrogens is 1. The standard InChI is InChI=1S/C19H17ClFN3O5/c1-3-27-18(25)10-28-12-4-6-13(7-5-12)29-17-9-16(15(21)8-14(17)20)24-19(26)22-11(2)23-24/h4-9H,3,10H2,1-2H3,(H,22,23,26). The van der Waals surface area contributed by atoms with E-state index in [2.05, 4.69) is 10.1 Å². The minimum Gasteiger partial charge on any atom is -0.482 e. The number of carbonyl (C=O) groups is 1. The van der Waals surface area contributed by atoms with Gasteiger partial charge in [-0.25, -0.2) is 14.0 Å². The van der Waals surface area contributed by atoms with Crippen LogP contribution in [0.4, 0.5) is 4.39 Å². The summed E-state index contributed by atoms with van der Waals surface area (Å²) in [5.74, 6) is 0.107. The number of aryl methyl sites for hydroxylation is 1. The van der Waals surface area contributed by atoms with Crippen LogP contribution in [0.3, 0.4) is 0 Å². The molecule has 0 amide bonds. The molecule has 0 aliphatic rings. The Hall–Kier alpha value is -3.33. The van der Waals surface area contributed by atoms with Gasteiger partial charge in [0.1, 0.15) is 28.8 Å². The van der Waals surface area contributed by atoms with E-state index < -0.39 is 17.5 Å². The van der Waals surface area contributed by atoms with Gasteiger partial charge in [-0.15, -0.1) is 0 Å². The average molecular weight is 422 g/mol. The molecule has 0 saturated heterocycles. The molecule has 0 bridgehead atoms. The maximum Gasteiger partial charge on any atom is 0.348 e. The summed E-state index contributed by atoms with van der Waals surface area (Å²) in [6.45, 7) is 3.35. The van der Waals surface area contributed by atoms with Crippen LogP contribution in [0.2, 0.25) is 5.02 Å². The fourth-order valence-electron chi connectivity index (χ4n) is 2.43. The summed E-state index contributed by atoms with van der Waals surface area (Å²) < 4.78 is 31.0. The van der Waals surface area contributed by atoms with E-state index in [0.29, 0.717) is 17.3 Å². The molecular formula is C19H17ClFN3O5. The van der Waals surface area contributed by atoms with Gasteiger partial charge < -0.3 is 14.2 Å². The first kappa shape index (κ1) is 20.4. The van der Waals surface area contributed by atoms with Gasteiger partial charge in [0, 0.05) is 6.07 Å². The second-order valence-corrected chi connectivity index (χ2v) is 6.24. The minimum atomic E-state index is -0.723. The Kier molecular flexibility index (Phi) is 6.18. The number of benzene rings is 2. The summed E-state index contributed by atoms with van der Waals surface area (Å²) >= 11 is 6.07. The third-order valence-corrected chi connectivity index (χ3v) is 3.97. The first-order valence-electron chi connectivity index (χ1n) is 8.59. The first-order valence-corrected chi connectivity index (χ1v) is 8.97. The van der Waals surface area contributed by atoms with E-state index in [4.69, 9.17) is 25.8 Å². The molecule has 3 rings (SSSR count). The van der Waals surface area contributed by atoms with Crippen LogP contribution in [0.15, 0.2) is 41.2 Å². The summed E-state index contributed by atoms with van der Waals surface area (Å²) in [5.41, 5.74) is -0.689. The second-order valence-electron chi connectivity index (χ2n) is 5.83. The number of rotatable bonds is 7. The van der Waals surface area contributed by atoms with Crippen LogP contribution in [0, 0.1) is 12.7 Å². The van der Waals surface area contributed by atoms with Gasteiger partial charge in [0.2, 0.25) is 0 Å². The number of aromatic amines is 1. The van der Waals surface area contributed by atoms with Crippen molar-refractivity contribution in [2.45, 2.75) is 13.8 Å². The molecule has 0 fully saturated rings. The molecule has 0 aliphatic carbocycles. The first-order chi connectivity index (χ1) is 13.9. The van der Waals surface area contributed by atoms with Gasteiger partial charge in [-0.3, -0.25) is 4.98 Å². The van der Waals surface area contributed by atoms with Gasteiger partial charge in [-0.1, -0.05) is 11.6 Å². The van der Waals surface area contributed by atoms with Crippen LogP contribution >= 0.6 is 11.6 Å². The van der Waals surface area contributed by atoms with Crippen LogP contribution in [-0.2, 0) is 9.53 Å². The Morgan fingerprint density at radius 1 is 1.24 bits per heavy atom. The predicted octanol–water partition coefficient (Wildman–Crippen LogP) is 3.40. The number of nitrogens with zero attached hydrogens (tertiary/aromatic N) is 2. The molecule has 3 aromatic rings. The highest BCUT2D eigenvalue weighted by atomic mass is 35.5. The zero-order valence-corrected chi connectivity index (χ0v) is 16.3. The van der Waals surface area contributed by atoms with Gasteiger partial charge in [-0.2, -0.15) is 9.78 Å². The van der Waals surface area contributed by atoms with Gasteiger partial charge in [0.05, 0.1) is 11.6 Å². The number of halogens is 2. The lowest BCUT2D eigenvalue weighted by atomic mass is 10.2. The van der Waals surface area contributed by atoms with Crippen molar-refractivity contribution in [2.75, 3.05) is 13.2 Å². The maximum absolute atomic E-state index is 14.3. The Bertz CT molecular complexity index is 1080. The Morgan fingerprint density at radius 2 is 1.93 bits per heavy atom. The normalized spacial score (nSPS) is 10.6. The van der Waals surface area contributed by atoms with Gasteiger partial charge in [0.15, 0.2) is 12.4 Å². The number of hydrogen-bond acceptors (Lipinski definition) is 6. The van der Waals surface area contributed by atoms with E-state index in [1.165, 1.54) is 6.07 Å². The molecule has 1 heterocycles. The predicted molar refractivity (Wildman–Crippen MR) is 103 cm³/mol. The van der Waals surface area contributed by atoms with Crippen LogP contribution in [0.1, 0.15) is 12.7 Å². The molecule has 0 radical (unpaired) electrons. The average Bonchev–Trinajstić information content (AvgIpc) is 3.01. The molecule has 1 aromatic heterocycles. The number of nitrogens with one attached hydrogen (secondary N) is 1. The number of carbonyl (C=O) groups excluding carboxylic acids is 1. The van der Waals surface area contributed by atoms with Gasteiger partial charge >= 0.3 is 11.7 Å². The smallest absolute Gasteiger partial charge is 0.348 e. The molecule has 0 aliphatic heterocycles. The SMILES string of the molecule is CCOC(=O)COc1ccc(Oc2cc(-n3nc(C)[nH]c3=O)c(F)cc2Cl)cc1. The lowest BCUT2D eigenvalue weighted by molar-refractivity contribution is -0.145. The molecule has 10 heteroatoms. The molecule has 8 nitrogen and oxygen atoms in total. The van der Waals surface area contributed by atoms with Crippen molar-refractivity contribution in [1.82, 2.24) is 14.8 Å². The highest BCUT2D eigenvalue weighted by Gasteiger charge is 2.15. The number of esters is 1. The molecule has 1 N–H and O–H groups in total. The van der Waals surface area contributed by atoms with Crippen molar-refractivity contribution in [3.8, 4) is 22.9 Å². The van der Waals surface area contributed by atoms with Crippen LogP contribution < -0.4 is 15.2 Å². The Morgan fingerprint density at radius 3 is 2.55 bits per heavy atom. The van der Waals surface area contributed by atoms with E-state index in [0.717, 1.165) is 10.7 Å². The Balaban J connectivity index is 1.78. The third kappa shape index (κ3) is 4.94.